The molecule has 0 saturated heterocycles. The highest BCUT2D eigenvalue weighted by molar-refractivity contribution is 5.81. The molecule has 0 aliphatic rings. The van der Waals surface area contributed by atoms with Crippen molar-refractivity contribution in [3.63, 3.8) is 0 Å². The number of nitrogens with zero attached hydrogens (tertiary/aromatic N) is 1. The Kier molecular flexibility index (Phi) is 9.15. The van der Waals surface area contributed by atoms with Crippen molar-refractivity contribution in [3.05, 3.63) is 0 Å². The van der Waals surface area contributed by atoms with Crippen molar-refractivity contribution in [1.82, 2.24) is 10.2 Å². The molecule has 0 aromatic rings. The van der Waals surface area contributed by atoms with E-state index in [-0.39, 0.29) is 39.3 Å². The van der Waals surface area contributed by atoms with Gasteiger partial charge in [0, 0.05) is 20.2 Å². The van der Waals surface area contributed by atoms with Crippen LogP contribution in [-0.4, -0.2) is 67.9 Å². The Labute approximate surface area is 111 Å². The molecule has 110 valence electrons. The van der Waals surface area contributed by atoms with E-state index >= 15 is 0 Å². The molecule has 0 aromatic heterocycles. The Hall–Kier alpha value is -1.83. The minimum Gasteiger partial charge on any atom is -0.481 e. The van der Waals surface area contributed by atoms with Crippen molar-refractivity contribution >= 4 is 18.0 Å². The van der Waals surface area contributed by atoms with Crippen molar-refractivity contribution < 1.29 is 29.0 Å². The van der Waals surface area contributed by atoms with E-state index in [4.69, 9.17) is 14.6 Å². The molecule has 0 atom stereocenters. The third-order valence-corrected chi connectivity index (χ3v) is 2.09. The number of rotatable bonds is 9. The zero-order chi connectivity index (χ0) is 14.7. The second-order valence-electron chi connectivity index (χ2n) is 3.60. The van der Waals surface area contributed by atoms with E-state index in [9.17, 15) is 14.4 Å². The van der Waals surface area contributed by atoms with Crippen LogP contribution in [0.1, 0.15) is 13.3 Å². The van der Waals surface area contributed by atoms with Crippen LogP contribution >= 0.6 is 0 Å². The molecule has 0 saturated carbocycles. The quantitative estimate of drug-likeness (QED) is 0.559. The first-order chi connectivity index (χ1) is 9.01. The molecule has 0 radical (unpaired) electrons. The van der Waals surface area contributed by atoms with Gasteiger partial charge in [-0.1, -0.05) is 0 Å². The van der Waals surface area contributed by atoms with Crippen LogP contribution in [0.15, 0.2) is 0 Å². The summed E-state index contributed by atoms with van der Waals surface area (Å²) in [7, 11) is 1.48. The average Bonchev–Trinajstić information content (AvgIpc) is 2.34. The van der Waals surface area contributed by atoms with Crippen LogP contribution in [0, 0.1) is 0 Å². The zero-order valence-corrected chi connectivity index (χ0v) is 11.2. The first-order valence-corrected chi connectivity index (χ1v) is 5.90. The van der Waals surface area contributed by atoms with Gasteiger partial charge in [0.2, 0.25) is 0 Å². The number of carbonyl (C=O) groups is 3. The highest BCUT2D eigenvalue weighted by atomic mass is 16.5. The normalized spacial score (nSPS) is 9.79. The summed E-state index contributed by atoms with van der Waals surface area (Å²) in [5.41, 5.74) is 0. The van der Waals surface area contributed by atoms with Gasteiger partial charge in [0.05, 0.1) is 19.6 Å². The number of urea groups is 1. The summed E-state index contributed by atoms with van der Waals surface area (Å²) in [6, 6.07) is -0.522. The predicted octanol–water partition coefficient (Wildman–Crippen LogP) is -0.318. The first kappa shape index (κ1) is 17.2. The molecule has 0 unspecified atom stereocenters. The van der Waals surface area contributed by atoms with Crippen LogP contribution in [-0.2, 0) is 19.1 Å². The van der Waals surface area contributed by atoms with Gasteiger partial charge in [0.25, 0.3) is 0 Å². The van der Waals surface area contributed by atoms with Gasteiger partial charge in [-0.15, -0.1) is 0 Å². The lowest BCUT2D eigenvalue weighted by Gasteiger charge is -2.21. The molecule has 0 rings (SSSR count). The number of carboxylic acids is 1. The van der Waals surface area contributed by atoms with Crippen molar-refractivity contribution in [2.45, 2.75) is 13.3 Å². The van der Waals surface area contributed by atoms with Crippen molar-refractivity contribution in [2.75, 3.05) is 40.0 Å². The third kappa shape index (κ3) is 8.83. The summed E-state index contributed by atoms with van der Waals surface area (Å²) < 4.78 is 9.59. The molecule has 0 aromatic carbocycles. The van der Waals surface area contributed by atoms with Gasteiger partial charge < -0.3 is 24.8 Å². The summed E-state index contributed by atoms with van der Waals surface area (Å²) >= 11 is 0. The van der Waals surface area contributed by atoms with Gasteiger partial charge in [-0.25, -0.2) is 4.79 Å². The molecule has 0 heterocycles. The maximum absolute atomic E-state index is 11.7. The monoisotopic (exact) mass is 276 g/mol. The smallest absolute Gasteiger partial charge is 0.325 e. The lowest BCUT2D eigenvalue weighted by Crippen LogP contribution is -2.45. The van der Waals surface area contributed by atoms with Crippen LogP contribution < -0.4 is 5.32 Å². The number of amides is 2. The van der Waals surface area contributed by atoms with E-state index in [1.54, 1.807) is 6.92 Å². The van der Waals surface area contributed by atoms with Crippen molar-refractivity contribution in [1.29, 1.82) is 0 Å². The van der Waals surface area contributed by atoms with Gasteiger partial charge in [-0.3, -0.25) is 9.59 Å². The fourth-order valence-electron chi connectivity index (χ4n) is 1.20. The molecule has 2 amide bonds. The Morgan fingerprint density at radius 1 is 1.32 bits per heavy atom. The molecule has 0 fully saturated rings. The van der Waals surface area contributed by atoms with Gasteiger partial charge in [0.1, 0.15) is 6.54 Å². The number of aliphatic carboxylic acids is 1. The van der Waals surface area contributed by atoms with E-state index in [1.165, 1.54) is 12.0 Å². The van der Waals surface area contributed by atoms with E-state index in [1.807, 2.05) is 0 Å². The largest absolute Gasteiger partial charge is 0.481 e. The Bertz CT molecular complexity index is 308. The molecular formula is C11H20N2O6. The van der Waals surface area contributed by atoms with Gasteiger partial charge in [-0.05, 0) is 6.92 Å². The number of hydrogen-bond donors (Lipinski definition) is 2. The van der Waals surface area contributed by atoms with Crippen LogP contribution in [0.2, 0.25) is 0 Å². The average molecular weight is 276 g/mol. The highest BCUT2D eigenvalue weighted by Gasteiger charge is 2.17. The zero-order valence-electron chi connectivity index (χ0n) is 11.2. The van der Waals surface area contributed by atoms with Crippen molar-refractivity contribution in [2.24, 2.45) is 0 Å². The minimum atomic E-state index is -1.01. The van der Waals surface area contributed by atoms with E-state index in [0.29, 0.717) is 0 Å². The molecule has 0 aliphatic heterocycles. The Morgan fingerprint density at radius 3 is 2.53 bits per heavy atom. The Morgan fingerprint density at radius 2 is 2.00 bits per heavy atom. The molecule has 19 heavy (non-hydrogen) atoms. The number of esters is 1. The van der Waals surface area contributed by atoms with Gasteiger partial charge in [-0.2, -0.15) is 0 Å². The minimum absolute atomic E-state index is 0.000470. The summed E-state index contributed by atoms with van der Waals surface area (Å²) in [5.74, 6) is -1.53. The summed E-state index contributed by atoms with van der Waals surface area (Å²) in [5, 5.41) is 10.9. The fraction of sp³-hybridized carbons (Fsp3) is 0.727. The number of carbonyl (C=O) groups excluding carboxylic acids is 2. The maximum Gasteiger partial charge on any atom is 0.325 e. The second kappa shape index (κ2) is 10.1. The molecular weight excluding hydrogens is 256 g/mol. The number of ether oxygens (including phenoxy) is 2. The molecule has 8 nitrogen and oxygen atoms in total. The molecule has 0 spiro atoms. The maximum atomic E-state index is 11.7. The standard InChI is InChI=1S/C11H20N2O6/c1-3-19-10(16)8-13(6-7-18-2)11(17)12-5-4-9(14)15/h3-8H2,1-2H3,(H,12,17)(H,14,15). The molecule has 0 bridgehead atoms. The second-order valence-corrected chi connectivity index (χ2v) is 3.60. The van der Waals surface area contributed by atoms with Crippen LogP contribution in [0.5, 0.6) is 0 Å². The number of methoxy groups -OCH3 is 1. The van der Waals surface area contributed by atoms with Crippen LogP contribution in [0.25, 0.3) is 0 Å². The van der Waals surface area contributed by atoms with Gasteiger partial charge in [0.15, 0.2) is 0 Å². The molecule has 2 N–H and O–H groups in total. The predicted molar refractivity (Wildman–Crippen MR) is 65.7 cm³/mol. The van der Waals surface area contributed by atoms with Gasteiger partial charge >= 0.3 is 18.0 Å². The molecule has 0 aliphatic carbocycles. The van der Waals surface area contributed by atoms with E-state index in [0.717, 1.165) is 0 Å². The summed E-state index contributed by atoms with van der Waals surface area (Å²) in [6.45, 7) is 2.19. The van der Waals surface area contributed by atoms with Crippen LogP contribution in [0.4, 0.5) is 4.79 Å². The third-order valence-electron chi connectivity index (χ3n) is 2.09. The number of hydrogen-bond acceptors (Lipinski definition) is 5. The SMILES string of the molecule is CCOC(=O)CN(CCOC)C(=O)NCCC(=O)O. The Balaban J connectivity index is 4.25. The topological polar surface area (TPSA) is 105 Å². The highest BCUT2D eigenvalue weighted by Crippen LogP contribution is 1.93. The number of nitrogens with one attached hydrogen (secondary N) is 1. The summed E-state index contributed by atoms with van der Waals surface area (Å²) in [4.78, 5) is 34.6. The van der Waals surface area contributed by atoms with E-state index in [2.05, 4.69) is 5.32 Å². The number of carboxylic acid groups (broad SMARTS) is 1. The first-order valence-electron chi connectivity index (χ1n) is 5.90. The summed E-state index contributed by atoms with van der Waals surface area (Å²) in [6.07, 6.45) is -0.177. The lowest BCUT2D eigenvalue weighted by molar-refractivity contribution is -0.144. The lowest BCUT2D eigenvalue weighted by atomic mass is 10.4. The molecule has 8 heteroatoms. The van der Waals surface area contributed by atoms with Crippen LogP contribution in [0.3, 0.4) is 0 Å². The van der Waals surface area contributed by atoms with Crippen molar-refractivity contribution in [3.8, 4) is 0 Å². The van der Waals surface area contributed by atoms with E-state index < -0.39 is 18.0 Å². The fourth-order valence-corrected chi connectivity index (χ4v) is 1.20.